The fraction of sp³-hybridized carbons (Fsp3) is 1.00. The Morgan fingerprint density at radius 1 is 1.43 bits per heavy atom. The smallest absolute Gasteiger partial charge is 0.109 e. The minimum absolute atomic E-state index is 0.223. The molecule has 0 aromatic carbocycles. The van der Waals surface area contributed by atoms with Crippen LogP contribution in [0.4, 0.5) is 0 Å². The Balaban J connectivity index is 2.28. The molecule has 1 saturated heterocycles. The van der Waals surface area contributed by atoms with E-state index in [-0.39, 0.29) is 6.04 Å². The molecule has 0 saturated carbocycles. The van der Waals surface area contributed by atoms with E-state index >= 15 is 0 Å². The van der Waals surface area contributed by atoms with Crippen LogP contribution in [0.25, 0.3) is 0 Å². The van der Waals surface area contributed by atoms with Crippen molar-refractivity contribution < 1.29 is 3.07 Å². The summed E-state index contributed by atoms with van der Waals surface area (Å²) < 4.78 is 5.06. The highest BCUT2D eigenvalue weighted by atomic mass is 127. The van der Waals surface area contributed by atoms with Crippen molar-refractivity contribution in [2.24, 2.45) is 11.7 Å². The van der Waals surface area contributed by atoms with Gasteiger partial charge in [0.25, 0.3) is 0 Å². The quantitative estimate of drug-likeness (QED) is 0.805. The van der Waals surface area contributed by atoms with Crippen molar-refractivity contribution in [2.75, 3.05) is 19.7 Å². The Kier molecular flexibility index (Phi) is 5.66. The molecule has 0 radical (unpaired) electrons. The minimum Gasteiger partial charge on any atom is -0.325 e. The maximum absolute atomic E-state index is 6.03. The highest BCUT2D eigenvalue weighted by Crippen LogP contribution is 2.21. The molecule has 1 aliphatic rings. The van der Waals surface area contributed by atoms with Gasteiger partial charge in [-0.3, -0.25) is 0 Å². The van der Waals surface area contributed by atoms with Gasteiger partial charge in [-0.1, -0.05) is 0 Å². The lowest BCUT2D eigenvalue weighted by atomic mass is 9.90. The molecule has 1 unspecified atom stereocenters. The van der Waals surface area contributed by atoms with Crippen molar-refractivity contribution in [3.05, 3.63) is 0 Å². The zero-order chi connectivity index (χ0) is 10.6. The van der Waals surface area contributed by atoms with E-state index in [1.807, 2.05) is 23.0 Å². The fourth-order valence-corrected chi connectivity index (χ4v) is 2.49. The number of hydrogen-bond acceptors (Lipinski definition) is 3. The second-order valence-electron chi connectivity index (χ2n) is 4.41. The van der Waals surface area contributed by atoms with Crippen LogP contribution in [0.1, 0.15) is 26.7 Å². The van der Waals surface area contributed by atoms with E-state index in [0.717, 1.165) is 0 Å². The van der Waals surface area contributed by atoms with Gasteiger partial charge in [-0.15, -0.1) is 0 Å². The predicted octanol–water partition coefficient (Wildman–Crippen LogP) is 1.80. The lowest BCUT2D eigenvalue weighted by molar-refractivity contribution is 0.129. The van der Waals surface area contributed by atoms with Gasteiger partial charge in [0.1, 0.15) is 23.0 Å². The topological polar surface area (TPSA) is 38.5 Å². The Morgan fingerprint density at radius 2 is 2.00 bits per heavy atom. The number of rotatable bonds is 4. The summed E-state index contributed by atoms with van der Waals surface area (Å²) in [7, 11) is 0. The third-order valence-corrected chi connectivity index (χ3v) is 3.53. The standard InChI is InChI=1S/C10H21IN2O/c1-8(2)13-5-3-9(4-6-13)10(12)7-14-11/h8-10H,3-7,12H2,1-2H3. The molecule has 4 heteroatoms. The van der Waals surface area contributed by atoms with Gasteiger partial charge >= 0.3 is 0 Å². The molecule has 3 nitrogen and oxygen atoms in total. The van der Waals surface area contributed by atoms with Crippen molar-refractivity contribution in [3.8, 4) is 0 Å². The Bertz CT molecular complexity index is 158. The molecule has 14 heavy (non-hydrogen) atoms. The molecule has 84 valence electrons. The van der Waals surface area contributed by atoms with Crippen molar-refractivity contribution in [3.63, 3.8) is 0 Å². The van der Waals surface area contributed by atoms with E-state index in [1.54, 1.807) is 0 Å². The number of halogens is 1. The van der Waals surface area contributed by atoms with Crippen LogP contribution >= 0.6 is 23.0 Å². The van der Waals surface area contributed by atoms with Gasteiger partial charge < -0.3 is 13.7 Å². The van der Waals surface area contributed by atoms with Gasteiger partial charge in [-0.25, -0.2) is 0 Å². The predicted molar refractivity (Wildman–Crippen MR) is 67.4 cm³/mol. The third kappa shape index (κ3) is 3.64. The summed E-state index contributed by atoms with van der Waals surface area (Å²) in [5, 5.41) is 0. The van der Waals surface area contributed by atoms with Crippen LogP contribution < -0.4 is 5.73 Å². The lowest BCUT2D eigenvalue weighted by Crippen LogP contribution is -2.44. The van der Waals surface area contributed by atoms with Crippen LogP contribution in [-0.2, 0) is 3.07 Å². The van der Waals surface area contributed by atoms with Crippen LogP contribution in [-0.4, -0.2) is 36.7 Å². The highest BCUT2D eigenvalue weighted by Gasteiger charge is 2.25. The molecule has 1 atom stereocenters. The summed E-state index contributed by atoms with van der Waals surface area (Å²) in [4.78, 5) is 2.52. The summed E-state index contributed by atoms with van der Waals surface area (Å²) >= 11 is 1.92. The van der Waals surface area contributed by atoms with Gasteiger partial charge in [-0.05, 0) is 45.7 Å². The molecule has 1 aliphatic heterocycles. The van der Waals surface area contributed by atoms with Gasteiger partial charge in [0, 0.05) is 12.1 Å². The first kappa shape index (κ1) is 12.7. The monoisotopic (exact) mass is 312 g/mol. The number of nitrogens with zero attached hydrogens (tertiary/aromatic N) is 1. The van der Waals surface area contributed by atoms with Crippen LogP contribution in [0.5, 0.6) is 0 Å². The first-order valence-corrected chi connectivity index (χ1v) is 6.26. The molecule has 0 aromatic rings. The molecule has 0 amide bonds. The van der Waals surface area contributed by atoms with Gasteiger partial charge in [0.15, 0.2) is 0 Å². The second-order valence-corrected chi connectivity index (χ2v) is 5.03. The van der Waals surface area contributed by atoms with Gasteiger partial charge in [-0.2, -0.15) is 0 Å². The molecular formula is C10H21IN2O. The zero-order valence-electron chi connectivity index (χ0n) is 9.08. The van der Waals surface area contributed by atoms with Crippen molar-refractivity contribution >= 4 is 23.0 Å². The molecule has 1 rings (SSSR count). The SMILES string of the molecule is CC(C)N1CCC(C(N)COI)CC1. The summed E-state index contributed by atoms with van der Waals surface area (Å²) in [5.41, 5.74) is 6.03. The van der Waals surface area contributed by atoms with E-state index in [1.165, 1.54) is 25.9 Å². The third-order valence-electron chi connectivity index (χ3n) is 3.17. The highest BCUT2D eigenvalue weighted by molar-refractivity contribution is 14.1. The summed E-state index contributed by atoms with van der Waals surface area (Å²) in [6.45, 7) is 7.59. The Labute approximate surface area is 101 Å². The number of likely N-dealkylation sites (tertiary alicyclic amines) is 1. The molecule has 1 heterocycles. The first-order valence-electron chi connectivity index (χ1n) is 5.38. The molecule has 2 N–H and O–H groups in total. The largest absolute Gasteiger partial charge is 0.325 e. The minimum atomic E-state index is 0.223. The zero-order valence-corrected chi connectivity index (χ0v) is 11.2. The fourth-order valence-electron chi connectivity index (χ4n) is 2.07. The maximum Gasteiger partial charge on any atom is 0.109 e. The Hall–Kier alpha value is 0.610. The molecular weight excluding hydrogens is 291 g/mol. The summed E-state index contributed by atoms with van der Waals surface area (Å²) in [6.07, 6.45) is 2.44. The lowest BCUT2D eigenvalue weighted by Gasteiger charge is -2.36. The van der Waals surface area contributed by atoms with Crippen molar-refractivity contribution in [1.82, 2.24) is 4.90 Å². The van der Waals surface area contributed by atoms with Crippen LogP contribution in [0.2, 0.25) is 0 Å². The first-order chi connectivity index (χ1) is 6.65. The molecule has 0 aromatic heterocycles. The van der Waals surface area contributed by atoms with Gasteiger partial charge in [0.05, 0.1) is 6.61 Å². The van der Waals surface area contributed by atoms with E-state index in [9.17, 15) is 0 Å². The average molecular weight is 312 g/mol. The van der Waals surface area contributed by atoms with E-state index in [0.29, 0.717) is 18.6 Å². The van der Waals surface area contributed by atoms with Crippen LogP contribution in [0.3, 0.4) is 0 Å². The van der Waals surface area contributed by atoms with Crippen LogP contribution in [0, 0.1) is 5.92 Å². The number of piperidine rings is 1. The normalized spacial score (nSPS) is 22.9. The second kappa shape index (κ2) is 6.25. The molecule has 0 spiro atoms. The van der Waals surface area contributed by atoms with Gasteiger partial charge in [0.2, 0.25) is 0 Å². The summed E-state index contributed by atoms with van der Waals surface area (Å²) in [6, 6.07) is 0.897. The number of hydrogen-bond donors (Lipinski definition) is 1. The van der Waals surface area contributed by atoms with Crippen LogP contribution in [0.15, 0.2) is 0 Å². The average Bonchev–Trinajstić information content (AvgIpc) is 2.18. The molecule has 0 aliphatic carbocycles. The van der Waals surface area contributed by atoms with E-state index < -0.39 is 0 Å². The summed E-state index contributed by atoms with van der Waals surface area (Å²) in [5.74, 6) is 0.653. The Morgan fingerprint density at radius 3 is 2.43 bits per heavy atom. The van der Waals surface area contributed by atoms with E-state index in [2.05, 4.69) is 18.7 Å². The van der Waals surface area contributed by atoms with E-state index in [4.69, 9.17) is 8.80 Å². The maximum atomic E-state index is 6.03. The van der Waals surface area contributed by atoms with Crippen molar-refractivity contribution in [1.29, 1.82) is 0 Å². The number of nitrogens with two attached hydrogens (primary N) is 1. The molecule has 1 fully saturated rings. The molecule has 0 bridgehead atoms. The van der Waals surface area contributed by atoms with Crippen molar-refractivity contribution in [2.45, 2.75) is 38.8 Å².